The second kappa shape index (κ2) is 5.59. The van der Waals surface area contributed by atoms with Crippen LogP contribution in [0.4, 0.5) is 5.82 Å². The van der Waals surface area contributed by atoms with E-state index in [1.165, 1.54) is 6.26 Å². The molecule has 2 aromatic rings. The SMILES string of the molecule is CS(=O)(=O)C1CCC(CNc2nccn3cnnc23)CC1. The van der Waals surface area contributed by atoms with Gasteiger partial charge in [-0.15, -0.1) is 10.2 Å². The maximum atomic E-state index is 11.5. The van der Waals surface area contributed by atoms with Crippen LogP contribution in [0.5, 0.6) is 0 Å². The second-order valence-electron chi connectivity index (χ2n) is 5.69. The maximum absolute atomic E-state index is 11.5. The predicted octanol–water partition coefficient (Wildman–Crippen LogP) is 1.14. The molecule has 2 aromatic heterocycles. The second-order valence-corrected chi connectivity index (χ2v) is 8.02. The molecule has 0 unspecified atom stereocenters. The fraction of sp³-hybridized carbons (Fsp3) is 0.615. The third-order valence-electron chi connectivity index (χ3n) is 4.17. The highest BCUT2D eigenvalue weighted by molar-refractivity contribution is 7.91. The van der Waals surface area contributed by atoms with E-state index in [0.717, 1.165) is 38.0 Å². The minimum atomic E-state index is -2.89. The first-order chi connectivity index (χ1) is 10.0. The highest BCUT2D eigenvalue weighted by Gasteiger charge is 2.27. The Labute approximate surface area is 123 Å². The Morgan fingerprint density at radius 2 is 2.10 bits per heavy atom. The van der Waals surface area contributed by atoms with Crippen LogP contribution in [-0.2, 0) is 9.84 Å². The van der Waals surface area contributed by atoms with Crippen molar-refractivity contribution in [2.75, 3.05) is 18.1 Å². The van der Waals surface area contributed by atoms with Crippen molar-refractivity contribution < 1.29 is 8.42 Å². The van der Waals surface area contributed by atoms with Gasteiger partial charge in [0.15, 0.2) is 5.82 Å². The molecule has 0 atom stereocenters. The van der Waals surface area contributed by atoms with Crippen LogP contribution in [0.3, 0.4) is 0 Å². The summed E-state index contributed by atoms with van der Waals surface area (Å²) in [7, 11) is -2.89. The molecule has 1 aliphatic rings. The molecule has 1 saturated carbocycles. The Morgan fingerprint density at radius 1 is 1.33 bits per heavy atom. The molecule has 1 aliphatic carbocycles. The Balaban J connectivity index is 1.58. The molecule has 21 heavy (non-hydrogen) atoms. The van der Waals surface area contributed by atoms with Crippen LogP contribution >= 0.6 is 0 Å². The molecular formula is C13H19N5O2S. The molecule has 2 heterocycles. The zero-order valence-electron chi connectivity index (χ0n) is 11.9. The first kappa shape index (κ1) is 14.2. The number of hydrogen-bond donors (Lipinski definition) is 1. The number of aromatic nitrogens is 4. The van der Waals surface area contributed by atoms with E-state index in [1.807, 2.05) is 4.40 Å². The van der Waals surface area contributed by atoms with E-state index in [0.29, 0.717) is 11.6 Å². The number of sulfone groups is 1. The molecule has 0 spiro atoms. The highest BCUT2D eigenvalue weighted by atomic mass is 32.2. The average molecular weight is 309 g/mol. The largest absolute Gasteiger partial charge is 0.367 e. The van der Waals surface area contributed by atoms with Crippen molar-refractivity contribution in [3.05, 3.63) is 18.7 Å². The van der Waals surface area contributed by atoms with Gasteiger partial charge in [-0.1, -0.05) is 0 Å². The molecule has 0 saturated heterocycles. The summed E-state index contributed by atoms with van der Waals surface area (Å²) in [4.78, 5) is 4.29. The molecule has 3 rings (SSSR count). The Bertz CT molecular complexity index is 719. The van der Waals surface area contributed by atoms with Gasteiger partial charge in [-0.25, -0.2) is 13.4 Å². The maximum Gasteiger partial charge on any atom is 0.203 e. The zero-order chi connectivity index (χ0) is 14.9. The van der Waals surface area contributed by atoms with Crippen molar-refractivity contribution in [1.82, 2.24) is 19.6 Å². The Morgan fingerprint density at radius 3 is 2.81 bits per heavy atom. The van der Waals surface area contributed by atoms with Crippen LogP contribution in [-0.4, -0.2) is 46.1 Å². The number of nitrogens with zero attached hydrogens (tertiary/aromatic N) is 4. The van der Waals surface area contributed by atoms with E-state index in [2.05, 4.69) is 20.5 Å². The van der Waals surface area contributed by atoms with Gasteiger partial charge in [0.25, 0.3) is 0 Å². The van der Waals surface area contributed by atoms with Crippen molar-refractivity contribution in [1.29, 1.82) is 0 Å². The lowest BCUT2D eigenvalue weighted by Crippen LogP contribution is -2.29. The Hall–Kier alpha value is -1.70. The third kappa shape index (κ3) is 3.15. The van der Waals surface area contributed by atoms with Crippen molar-refractivity contribution in [2.24, 2.45) is 5.92 Å². The minimum Gasteiger partial charge on any atom is -0.367 e. The molecule has 8 heteroatoms. The lowest BCUT2D eigenvalue weighted by Gasteiger charge is -2.27. The summed E-state index contributed by atoms with van der Waals surface area (Å²) in [6.07, 6.45) is 9.87. The number of rotatable bonds is 4. The van der Waals surface area contributed by atoms with Crippen LogP contribution in [0, 0.1) is 5.92 Å². The van der Waals surface area contributed by atoms with Crippen LogP contribution < -0.4 is 5.32 Å². The first-order valence-electron chi connectivity index (χ1n) is 7.11. The number of hydrogen-bond acceptors (Lipinski definition) is 6. The normalized spacial score (nSPS) is 23.3. The molecule has 0 radical (unpaired) electrons. The highest BCUT2D eigenvalue weighted by Crippen LogP contribution is 2.28. The number of fused-ring (bicyclic) bond motifs is 1. The van der Waals surface area contributed by atoms with E-state index in [4.69, 9.17) is 0 Å². The van der Waals surface area contributed by atoms with E-state index < -0.39 is 9.84 Å². The topological polar surface area (TPSA) is 89.2 Å². The van der Waals surface area contributed by atoms with E-state index in [-0.39, 0.29) is 5.25 Å². The predicted molar refractivity (Wildman–Crippen MR) is 79.9 cm³/mol. The summed E-state index contributed by atoms with van der Waals surface area (Å²) in [6, 6.07) is 0. The summed E-state index contributed by atoms with van der Waals surface area (Å²) >= 11 is 0. The minimum absolute atomic E-state index is 0.160. The van der Waals surface area contributed by atoms with Gasteiger partial charge in [-0.05, 0) is 31.6 Å². The van der Waals surface area contributed by atoms with Crippen molar-refractivity contribution in [3.8, 4) is 0 Å². The van der Waals surface area contributed by atoms with Crippen molar-refractivity contribution in [3.63, 3.8) is 0 Å². The molecule has 0 aliphatic heterocycles. The fourth-order valence-electron chi connectivity index (χ4n) is 2.89. The van der Waals surface area contributed by atoms with E-state index in [1.54, 1.807) is 18.7 Å². The summed E-state index contributed by atoms with van der Waals surface area (Å²) in [5.74, 6) is 1.20. The molecule has 1 fully saturated rings. The van der Waals surface area contributed by atoms with Gasteiger partial charge < -0.3 is 5.32 Å². The van der Waals surface area contributed by atoms with Gasteiger partial charge in [-0.2, -0.15) is 0 Å². The Kier molecular flexibility index (Phi) is 3.79. The summed E-state index contributed by atoms with van der Waals surface area (Å²) in [5.41, 5.74) is 0.710. The fourth-order valence-corrected chi connectivity index (χ4v) is 4.02. The summed E-state index contributed by atoms with van der Waals surface area (Å²) in [5, 5.41) is 11.0. The molecule has 7 nitrogen and oxygen atoms in total. The lowest BCUT2D eigenvalue weighted by molar-refractivity contribution is 0.372. The van der Waals surface area contributed by atoms with Gasteiger partial charge in [0.2, 0.25) is 5.65 Å². The van der Waals surface area contributed by atoms with Crippen LogP contribution in [0.15, 0.2) is 18.7 Å². The van der Waals surface area contributed by atoms with Crippen LogP contribution in [0.2, 0.25) is 0 Å². The number of anilines is 1. The van der Waals surface area contributed by atoms with Crippen molar-refractivity contribution in [2.45, 2.75) is 30.9 Å². The standard InChI is InChI=1S/C13H19N5O2S/c1-21(19,20)11-4-2-10(3-5-11)8-15-12-13-17-16-9-18(13)7-6-14-12/h6-7,9-11H,2-5,8H2,1H3,(H,14,15). The quantitative estimate of drug-likeness (QED) is 0.911. The van der Waals surface area contributed by atoms with Crippen LogP contribution in [0.25, 0.3) is 5.65 Å². The summed E-state index contributed by atoms with van der Waals surface area (Å²) < 4.78 is 24.9. The van der Waals surface area contributed by atoms with Gasteiger partial charge in [0, 0.05) is 25.2 Å². The van der Waals surface area contributed by atoms with E-state index in [9.17, 15) is 8.42 Å². The molecule has 0 bridgehead atoms. The molecular weight excluding hydrogens is 290 g/mol. The van der Waals surface area contributed by atoms with Crippen LogP contribution in [0.1, 0.15) is 25.7 Å². The lowest BCUT2D eigenvalue weighted by atomic mass is 9.89. The van der Waals surface area contributed by atoms with Crippen molar-refractivity contribution >= 4 is 21.3 Å². The molecule has 114 valence electrons. The van der Waals surface area contributed by atoms with E-state index >= 15 is 0 Å². The summed E-state index contributed by atoms with van der Waals surface area (Å²) in [6.45, 7) is 0.788. The van der Waals surface area contributed by atoms with Gasteiger partial charge in [0.1, 0.15) is 16.2 Å². The zero-order valence-corrected chi connectivity index (χ0v) is 12.8. The number of nitrogens with one attached hydrogen (secondary N) is 1. The molecule has 1 N–H and O–H groups in total. The third-order valence-corrected chi connectivity index (χ3v) is 5.86. The van der Waals surface area contributed by atoms with Gasteiger partial charge >= 0.3 is 0 Å². The smallest absolute Gasteiger partial charge is 0.203 e. The van der Waals surface area contributed by atoms with Gasteiger partial charge in [0.05, 0.1) is 5.25 Å². The van der Waals surface area contributed by atoms with Gasteiger partial charge in [-0.3, -0.25) is 4.40 Å². The molecule has 0 aromatic carbocycles. The first-order valence-corrected chi connectivity index (χ1v) is 9.06. The average Bonchev–Trinajstić information content (AvgIpc) is 2.93. The monoisotopic (exact) mass is 309 g/mol. The molecule has 0 amide bonds.